The van der Waals surface area contributed by atoms with Crippen LogP contribution in [0, 0.1) is 0 Å². The van der Waals surface area contributed by atoms with E-state index in [1.807, 2.05) is 0 Å². The number of hydrogen-bond acceptors (Lipinski definition) is 14. The number of ether oxygens (including phenoxy) is 7. The summed E-state index contributed by atoms with van der Waals surface area (Å²) in [6.45, 7) is 0.275. The SMILES string of the molecule is COc1ccc(COC(=O)COc2ccc(C(NC(=O)OCc3ccc(OC)cc3)C(=O)N[C@]3(OC)C(=O)N4C(C(=O)O)=C(COC(C)=O)CS[C@H]43)cc2)cc1. The molecule has 17 nitrogen and oxygen atoms in total. The van der Waals surface area contributed by atoms with Gasteiger partial charge in [-0.15, -0.1) is 11.8 Å². The van der Waals surface area contributed by atoms with Crippen molar-refractivity contribution in [3.63, 3.8) is 0 Å². The van der Waals surface area contributed by atoms with E-state index in [0.717, 1.165) is 22.2 Å². The third-order valence-electron chi connectivity index (χ3n) is 8.58. The molecule has 0 spiro atoms. The van der Waals surface area contributed by atoms with E-state index in [-0.39, 0.29) is 48.2 Å². The number of amides is 3. The fourth-order valence-corrected chi connectivity index (χ4v) is 7.07. The molecule has 1 fully saturated rings. The van der Waals surface area contributed by atoms with Gasteiger partial charge in [-0.2, -0.15) is 0 Å². The number of esters is 2. The molecule has 1 unspecified atom stereocenters. The zero-order valence-electron chi connectivity index (χ0n) is 30.7. The van der Waals surface area contributed by atoms with Gasteiger partial charge in [0.15, 0.2) is 6.61 Å². The maximum absolute atomic E-state index is 14.1. The predicted octanol–water partition coefficient (Wildman–Crippen LogP) is 3.07. The molecular formula is C38H39N3O14S. The molecule has 0 saturated carbocycles. The first-order valence-electron chi connectivity index (χ1n) is 16.9. The van der Waals surface area contributed by atoms with Crippen LogP contribution in [-0.2, 0) is 56.1 Å². The summed E-state index contributed by atoms with van der Waals surface area (Å²) in [5.74, 6) is -2.95. The minimum absolute atomic E-state index is 0.0219. The van der Waals surface area contributed by atoms with Crippen molar-refractivity contribution in [2.24, 2.45) is 0 Å². The Balaban J connectivity index is 1.30. The molecule has 0 radical (unpaired) electrons. The highest BCUT2D eigenvalue weighted by atomic mass is 32.2. The summed E-state index contributed by atoms with van der Waals surface area (Å²) in [7, 11) is 4.24. The first kappa shape index (κ1) is 40.9. The van der Waals surface area contributed by atoms with Gasteiger partial charge in [-0.05, 0) is 53.1 Å². The standard InChI is InChI=1S/C38H39N3O14S/c1-22(42)52-19-26-21-56-36-38(51-4,35(47)41(36)32(26)34(45)46)40-33(44)31(39-37(48)55-18-24-7-13-28(50-3)14-8-24)25-9-15-29(16-10-25)53-20-30(43)54-17-23-5-11-27(49-2)12-6-23/h5-16,31,36H,17-21H2,1-4H3,(H,39,48)(H,40,44)(H,45,46)/t31?,36-,38-/m0/s1. The zero-order valence-corrected chi connectivity index (χ0v) is 31.5. The van der Waals surface area contributed by atoms with E-state index in [1.165, 1.54) is 45.4 Å². The van der Waals surface area contributed by atoms with E-state index in [1.54, 1.807) is 55.6 Å². The van der Waals surface area contributed by atoms with Gasteiger partial charge in [-0.1, -0.05) is 36.4 Å². The molecule has 3 amide bonds. The number of nitrogens with one attached hydrogen (secondary N) is 2. The molecule has 3 aromatic carbocycles. The Hall–Kier alpha value is -6.27. The second kappa shape index (κ2) is 18.4. The molecule has 0 aromatic heterocycles. The minimum Gasteiger partial charge on any atom is -0.497 e. The van der Waals surface area contributed by atoms with Gasteiger partial charge in [0.1, 0.15) is 54.2 Å². The number of fused-ring (bicyclic) bond motifs is 1. The lowest BCUT2D eigenvalue weighted by atomic mass is 9.97. The number of rotatable bonds is 17. The third kappa shape index (κ3) is 9.50. The summed E-state index contributed by atoms with van der Waals surface area (Å²) in [4.78, 5) is 77.8. The average molecular weight is 794 g/mol. The summed E-state index contributed by atoms with van der Waals surface area (Å²) < 4.78 is 37.0. The van der Waals surface area contributed by atoms with E-state index in [4.69, 9.17) is 33.2 Å². The number of carboxylic acids is 1. The summed E-state index contributed by atoms with van der Waals surface area (Å²) >= 11 is 1.09. The van der Waals surface area contributed by atoms with E-state index >= 15 is 0 Å². The highest BCUT2D eigenvalue weighted by Crippen LogP contribution is 2.47. The maximum atomic E-state index is 14.1. The van der Waals surface area contributed by atoms with E-state index < -0.39 is 59.6 Å². The van der Waals surface area contributed by atoms with Crippen LogP contribution in [0.25, 0.3) is 0 Å². The number of thioether (sulfide) groups is 1. The normalized spacial score (nSPS) is 17.7. The van der Waals surface area contributed by atoms with Crippen molar-refractivity contribution in [3.05, 3.63) is 101 Å². The fourth-order valence-electron chi connectivity index (χ4n) is 5.65. The monoisotopic (exact) mass is 793 g/mol. The Kier molecular flexibility index (Phi) is 13.4. The lowest BCUT2D eigenvalue weighted by molar-refractivity contribution is -0.193. The number of carbonyl (C=O) groups excluding carboxylic acids is 5. The quantitative estimate of drug-likeness (QED) is 0.0775. The molecule has 56 heavy (non-hydrogen) atoms. The summed E-state index contributed by atoms with van der Waals surface area (Å²) in [5.41, 5.74) is -0.630. The third-order valence-corrected chi connectivity index (χ3v) is 9.95. The fraction of sp³-hybridized carbons (Fsp3) is 0.316. The van der Waals surface area contributed by atoms with Crippen molar-refractivity contribution < 1.29 is 67.0 Å². The molecular weight excluding hydrogens is 754 g/mol. The van der Waals surface area contributed by atoms with Crippen LogP contribution in [0.3, 0.4) is 0 Å². The summed E-state index contributed by atoms with van der Waals surface area (Å²) in [5, 5.41) is 14.0. The highest BCUT2D eigenvalue weighted by molar-refractivity contribution is 8.00. The first-order valence-corrected chi connectivity index (χ1v) is 17.9. The molecule has 18 heteroatoms. The molecule has 3 N–H and O–H groups in total. The number of carboxylic acid groups (broad SMARTS) is 1. The van der Waals surface area contributed by atoms with Crippen LogP contribution in [-0.4, -0.2) is 97.2 Å². The molecule has 0 bridgehead atoms. The van der Waals surface area contributed by atoms with Crippen molar-refractivity contribution in [2.45, 2.75) is 37.3 Å². The van der Waals surface area contributed by atoms with E-state index in [0.29, 0.717) is 17.1 Å². The molecule has 296 valence electrons. The van der Waals surface area contributed by atoms with Crippen LogP contribution in [0.2, 0.25) is 0 Å². The number of benzene rings is 3. The second-order valence-corrected chi connectivity index (χ2v) is 13.2. The Morgan fingerprint density at radius 2 is 1.39 bits per heavy atom. The zero-order chi connectivity index (χ0) is 40.4. The summed E-state index contributed by atoms with van der Waals surface area (Å²) in [6.07, 6.45) is -0.979. The number of methoxy groups -OCH3 is 3. The Morgan fingerprint density at radius 1 is 0.821 bits per heavy atom. The number of nitrogens with zero attached hydrogens (tertiary/aromatic N) is 1. The number of hydrogen-bond donors (Lipinski definition) is 3. The number of carbonyl (C=O) groups is 6. The van der Waals surface area contributed by atoms with E-state index in [9.17, 15) is 33.9 Å². The van der Waals surface area contributed by atoms with Crippen molar-refractivity contribution >= 4 is 47.6 Å². The lowest BCUT2D eigenvalue weighted by Crippen LogP contribution is -2.81. The molecule has 5 rings (SSSR count). The molecule has 2 aliphatic rings. The van der Waals surface area contributed by atoms with Crippen LogP contribution >= 0.6 is 11.8 Å². The second-order valence-electron chi connectivity index (χ2n) is 12.2. The lowest BCUT2D eigenvalue weighted by Gasteiger charge is -2.55. The van der Waals surface area contributed by atoms with Crippen LogP contribution in [0.1, 0.15) is 29.7 Å². The van der Waals surface area contributed by atoms with Crippen LogP contribution in [0.4, 0.5) is 4.79 Å². The van der Waals surface area contributed by atoms with Crippen molar-refractivity contribution in [1.29, 1.82) is 0 Å². The van der Waals surface area contributed by atoms with Gasteiger partial charge in [-0.25, -0.2) is 14.4 Å². The van der Waals surface area contributed by atoms with Crippen molar-refractivity contribution in [2.75, 3.05) is 40.3 Å². The molecule has 3 atom stereocenters. The van der Waals surface area contributed by atoms with Crippen LogP contribution in [0.5, 0.6) is 17.2 Å². The smallest absolute Gasteiger partial charge is 0.408 e. The van der Waals surface area contributed by atoms with Gasteiger partial charge in [0.05, 0.1) is 14.2 Å². The van der Waals surface area contributed by atoms with Gasteiger partial charge >= 0.3 is 24.0 Å². The van der Waals surface area contributed by atoms with Crippen LogP contribution < -0.4 is 24.8 Å². The Bertz CT molecular complexity index is 1970. The van der Waals surface area contributed by atoms with E-state index in [2.05, 4.69) is 10.6 Å². The molecule has 3 aromatic rings. The van der Waals surface area contributed by atoms with Gasteiger partial charge in [-0.3, -0.25) is 19.3 Å². The van der Waals surface area contributed by atoms with Gasteiger partial charge in [0, 0.05) is 25.4 Å². The largest absolute Gasteiger partial charge is 0.497 e. The van der Waals surface area contributed by atoms with Crippen molar-refractivity contribution in [1.82, 2.24) is 15.5 Å². The first-order chi connectivity index (χ1) is 26.9. The van der Waals surface area contributed by atoms with Crippen LogP contribution in [0.15, 0.2) is 84.1 Å². The topological polar surface area (TPSA) is 215 Å². The number of alkyl carbamates (subject to hydrolysis) is 1. The molecule has 1 saturated heterocycles. The molecule has 0 aliphatic carbocycles. The van der Waals surface area contributed by atoms with Gasteiger partial charge < -0.3 is 48.9 Å². The van der Waals surface area contributed by atoms with Gasteiger partial charge in [0.2, 0.25) is 5.91 Å². The molecule has 2 heterocycles. The molecule has 2 aliphatic heterocycles. The van der Waals surface area contributed by atoms with Gasteiger partial charge in [0.25, 0.3) is 11.6 Å². The number of β-lactam (4-membered cyclic amide) rings is 1. The Labute approximate surface area is 325 Å². The van der Waals surface area contributed by atoms with Crippen molar-refractivity contribution in [3.8, 4) is 17.2 Å². The average Bonchev–Trinajstić information content (AvgIpc) is 3.21. The summed E-state index contributed by atoms with van der Waals surface area (Å²) in [6, 6.07) is 18.1. The highest BCUT2D eigenvalue weighted by Gasteiger charge is 2.67. The predicted molar refractivity (Wildman–Crippen MR) is 196 cm³/mol. The maximum Gasteiger partial charge on any atom is 0.408 e. The Morgan fingerprint density at radius 3 is 1.93 bits per heavy atom. The number of aliphatic carboxylic acids is 1. The minimum atomic E-state index is -2.03.